The molecule has 2 heterocycles. The van der Waals surface area contributed by atoms with Crippen molar-refractivity contribution in [2.45, 2.75) is 26.3 Å². The molecule has 1 saturated heterocycles. The van der Waals surface area contributed by atoms with E-state index in [2.05, 4.69) is 38.6 Å². The van der Waals surface area contributed by atoms with Crippen LogP contribution in [0.2, 0.25) is 0 Å². The van der Waals surface area contributed by atoms with Crippen LogP contribution in [0, 0.1) is 12.8 Å². The highest BCUT2D eigenvalue weighted by atomic mass is 79.9. The molecule has 3 rings (SSSR count). The zero-order valence-corrected chi connectivity index (χ0v) is 16.2. The average molecular weight is 414 g/mol. The molecule has 7 heteroatoms. The number of hydrogen-bond donors (Lipinski definition) is 2. The maximum absolute atomic E-state index is 12.6. The van der Waals surface area contributed by atoms with Crippen LogP contribution < -0.4 is 10.6 Å². The molecule has 24 heavy (non-hydrogen) atoms. The molecule has 2 N–H and O–H groups in total. The first-order valence-corrected chi connectivity index (χ1v) is 8.67. The fraction of sp³-hybridized carbons (Fsp3) is 0.412. The number of aromatic nitrogens is 2. The number of carbonyl (C=O) groups is 1. The van der Waals surface area contributed by atoms with Gasteiger partial charge in [-0.15, -0.1) is 12.4 Å². The Morgan fingerprint density at radius 3 is 2.96 bits per heavy atom. The zero-order valence-electron chi connectivity index (χ0n) is 13.8. The summed E-state index contributed by atoms with van der Waals surface area (Å²) in [7, 11) is 0. The topological polar surface area (TPSA) is 59.0 Å². The predicted octanol–water partition coefficient (Wildman–Crippen LogP) is 3.09. The Labute approximate surface area is 156 Å². The van der Waals surface area contributed by atoms with E-state index < -0.39 is 0 Å². The minimum atomic E-state index is -0.0516. The smallest absolute Gasteiger partial charge is 0.255 e. The number of halogens is 2. The molecule has 1 aromatic carbocycles. The van der Waals surface area contributed by atoms with Gasteiger partial charge in [0.1, 0.15) is 0 Å². The number of nitrogens with one attached hydrogen (secondary N) is 2. The van der Waals surface area contributed by atoms with Crippen LogP contribution in [0.3, 0.4) is 0 Å². The Balaban J connectivity index is 0.00000208. The molecule has 1 aliphatic heterocycles. The van der Waals surface area contributed by atoms with Gasteiger partial charge >= 0.3 is 0 Å². The summed E-state index contributed by atoms with van der Waals surface area (Å²) >= 11 is 3.46. The van der Waals surface area contributed by atoms with Crippen LogP contribution in [0.5, 0.6) is 0 Å². The molecule has 1 aromatic heterocycles. The second kappa shape index (κ2) is 8.14. The van der Waals surface area contributed by atoms with E-state index in [0.717, 1.165) is 35.4 Å². The van der Waals surface area contributed by atoms with Gasteiger partial charge in [-0.3, -0.25) is 4.79 Å². The first-order valence-electron chi connectivity index (χ1n) is 7.88. The van der Waals surface area contributed by atoms with Crippen molar-refractivity contribution in [1.82, 2.24) is 20.4 Å². The molecule has 2 unspecified atom stereocenters. The Morgan fingerprint density at radius 2 is 2.25 bits per heavy atom. The van der Waals surface area contributed by atoms with Crippen LogP contribution >= 0.6 is 28.3 Å². The number of carbonyl (C=O) groups excluding carboxylic acids is 1. The molecule has 5 nitrogen and oxygen atoms in total. The molecule has 1 amide bonds. The van der Waals surface area contributed by atoms with Crippen LogP contribution in [-0.4, -0.2) is 34.8 Å². The van der Waals surface area contributed by atoms with Gasteiger partial charge in [-0.2, -0.15) is 5.10 Å². The molecule has 1 aliphatic rings. The third-order valence-corrected chi connectivity index (χ3v) is 4.94. The maximum atomic E-state index is 12.6. The van der Waals surface area contributed by atoms with Crippen molar-refractivity contribution in [2.75, 3.05) is 13.1 Å². The number of rotatable bonds is 3. The summed E-state index contributed by atoms with van der Waals surface area (Å²) in [5, 5.41) is 10.9. The van der Waals surface area contributed by atoms with E-state index in [1.807, 2.05) is 31.2 Å². The van der Waals surface area contributed by atoms with Crippen molar-refractivity contribution in [3.8, 4) is 5.69 Å². The van der Waals surface area contributed by atoms with Crippen LogP contribution in [0.4, 0.5) is 0 Å². The second-order valence-corrected chi connectivity index (χ2v) is 7.00. The van der Waals surface area contributed by atoms with E-state index >= 15 is 0 Å². The van der Waals surface area contributed by atoms with E-state index in [1.54, 1.807) is 10.9 Å². The van der Waals surface area contributed by atoms with Gasteiger partial charge in [-0.1, -0.05) is 28.9 Å². The first-order chi connectivity index (χ1) is 11.1. The summed E-state index contributed by atoms with van der Waals surface area (Å²) in [6.07, 6.45) is 2.73. The van der Waals surface area contributed by atoms with Crippen molar-refractivity contribution < 1.29 is 4.79 Å². The molecular weight excluding hydrogens is 392 g/mol. The summed E-state index contributed by atoms with van der Waals surface area (Å²) in [5.41, 5.74) is 2.41. The Morgan fingerprint density at radius 1 is 1.46 bits per heavy atom. The lowest BCUT2D eigenvalue weighted by molar-refractivity contribution is 0.0914. The number of nitrogens with zero attached hydrogens (tertiary/aromatic N) is 2. The van der Waals surface area contributed by atoms with E-state index in [1.165, 1.54) is 0 Å². The van der Waals surface area contributed by atoms with E-state index in [4.69, 9.17) is 0 Å². The molecule has 1 fully saturated rings. The molecule has 0 aliphatic carbocycles. The van der Waals surface area contributed by atoms with Crippen molar-refractivity contribution >= 4 is 34.2 Å². The van der Waals surface area contributed by atoms with Crippen molar-refractivity contribution in [3.63, 3.8) is 0 Å². The van der Waals surface area contributed by atoms with Crippen molar-refractivity contribution in [2.24, 2.45) is 5.92 Å². The lowest BCUT2D eigenvalue weighted by atomic mass is 9.94. The Kier molecular flexibility index (Phi) is 6.43. The standard InChI is InChI=1S/C17H21BrN4O.ClH/c1-11-6-7-19-10-16(11)21-17(23)15-9-20-22(12(15)2)14-5-3-4-13(18)8-14;/h3-5,8-9,11,16,19H,6-7,10H2,1-2H3,(H,21,23);1H. The lowest BCUT2D eigenvalue weighted by Gasteiger charge is -2.30. The van der Waals surface area contributed by atoms with Gasteiger partial charge in [-0.05, 0) is 44.0 Å². The SMILES string of the molecule is Cc1c(C(=O)NC2CNCCC2C)cnn1-c1cccc(Br)c1.Cl. The van der Waals surface area contributed by atoms with E-state index in [-0.39, 0.29) is 24.4 Å². The van der Waals surface area contributed by atoms with Crippen LogP contribution in [0.1, 0.15) is 29.4 Å². The molecule has 130 valence electrons. The molecule has 0 spiro atoms. The highest BCUT2D eigenvalue weighted by Gasteiger charge is 2.24. The molecule has 2 atom stereocenters. The Hall–Kier alpha value is -1.37. The first kappa shape index (κ1) is 19.0. The normalized spacial score (nSPS) is 20.3. The second-order valence-electron chi connectivity index (χ2n) is 6.09. The summed E-state index contributed by atoms with van der Waals surface area (Å²) in [6.45, 7) is 5.95. The highest BCUT2D eigenvalue weighted by molar-refractivity contribution is 9.10. The van der Waals surface area contributed by atoms with Gasteiger partial charge in [0, 0.05) is 17.1 Å². The summed E-state index contributed by atoms with van der Waals surface area (Å²) in [5.74, 6) is 0.435. The minimum Gasteiger partial charge on any atom is -0.348 e. The molecule has 0 bridgehead atoms. The van der Waals surface area contributed by atoms with Crippen LogP contribution in [0.25, 0.3) is 5.69 Å². The van der Waals surface area contributed by atoms with Gasteiger partial charge < -0.3 is 10.6 Å². The molecule has 0 saturated carbocycles. The number of piperidine rings is 1. The fourth-order valence-electron chi connectivity index (χ4n) is 2.93. The summed E-state index contributed by atoms with van der Waals surface area (Å²) in [6, 6.07) is 8.04. The maximum Gasteiger partial charge on any atom is 0.255 e. The fourth-order valence-corrected chi connectivity index (χ4v) is 3.32. The van der Waals surface area contributed by atoms with Gasteiger partial charge in [-0.25, -0.2) is 4.68 Å². The van der Waals surface area contributed by atoms with Gasteiger partial charge in [0.2, 0.25) is 0 Å². The van der Waals surface area contributed by atoms with Crippen molar-refractivity contribution in [3.05, 3.63) is 46.2 Å². The van der Waals surface area contributed by atoms with E-state index in [0.29, 0.717) is 11.5 Å². The third kappa shape index (κ3) is 3.99. The molecule has 2 aromatic rings. The number of benzene rings is 1. The molecule has 0 radical (unpaired) electrons. The van der Waals surface area contributed by atoms with Gasteiger partial charge in [0.25, 0.3) is 5.91 Å². The third-order valence-electron chi connectivity index (χ3n) is 4.45. The minimum absolute atomic E-state index is 0. The van der Waals surface area contributed by atoms with Gasteiger partial charge in [0.15, 0.2) is 0 Å². The largest absolute Gasteiger partial charge is 0.348 e. The van der Waals surface area contributed by atoms with E-state index in [9.17, 15) is 4.79 Å². The quantitative estimate of drug-likeness (QED) is 0.813. The average Bonchev–Trinajstić information content (AvgIpc) is 2.91. The Bertz CT molecular complexity index is 718. The number of amides is 1. The van der Waals surface area contributed by atoms with Gasteiger partial charge in [0.05, 0.1) is 23.1 Å². The summed E-state index contributed by atoms with van der Waals surface area (Å²) < 4.78 is 2.78. The lowest BCUT2D eigenvalue weighted by Crippen LogP contribution is -2.50. The molecular formula is C17H22BrClN4O. The summed E-state index contributed by atoms with van der Waals surface area (Å²) in [4.78, 5) is 12.6. The highest BCUT2D eigenvalue weighted by Crippen LogP contribution is 2.19. The zero-order chi connectivity index (χ0) is 16.4. The number of hydrogen-bond acceptors (Lipinski definition) is 3. The van der Waals surface area contributed by atoms with Crippen LogP contribution in [-0.2, 0) is 0 Å². The monoisotopic (exact) mass is 412 g/mol. The van der Waals surface area contributed by atoms with Crippen molar-refractivity contribution in [1.29, 1.82) is 0 Å². The predicted molar refractivity (Wildman–Crippen MR) is 101 cm³/mol. The van der Waals surface area contributed by atoms with Crippen LogP contribution in [0.15, 0.2) is 34.9 Å².